The van der Waals surface area contributed by atoms with Crippen molar-refractivity contribution >= 4 is 23.2 Å². The first-order valence-corrected chi connectivity index (χ1v) is 7.02. The Hall–Kier alpha value is -1.26. The Morgan fingerprint density at radius 3 is 2.74 bits per heavy atom. The van der Waals surface area contributed by atoms with Gasteiger partial charge in [0.25, 0.3) is 0 Å². The molecule has 0 aliphatic rings. The van der Waals surface area contributed by atoms with E-state index in [9.17, 15) is 0 Å². The van der Waals surface area contributed by atoms with Crippen molar-refractivity contribution in [2.75, 3.05) is 12.5 Å². The number of aryl methyl sites for hydroxylation is 1. The number of halogens is 2. The molecule has 0 unspecified atom stereocenters. The van der Waals surface area contributed by atoms with Gasteiger partial charge in [-0.05, 0) is 37.1 Å². The van der Waals surface area contributed by atoms with E-state index in [2.05, 4.69) is 10.3 Å². The van der Waals surface area contributed by atoms with Crippen LogP contribution < -0.4 is 4.74 Å². The fraction of sp³-hybridized carbons (Fsp3) is 0.385. The van der Waals surface area contributed by atoms with Crippen LogP contribution in [0.5, 0.6) is 5.75 Å². The van der Waals surface area contributed by atoms with Crippen LogP contribution >= 0.6 is 23.2 Å². The zero-order valence-electron chi connectivity index (χ0n) is 10.4. The SMILES string of the molecule is ClCCCc1cn(CCOc2ccc(Cl)cc2)nn1. The van der Waals surface area contributed by atoms with E-state index in [4.69, 9.17) is 27.9 Å². The van der Waals surface area contributed by atoms with Gasteiger partial charge in [0, 0.05) is 17.1 Å². The summed E-state index contributed by atoms with van der Waals surface area (Å²) in [5.74, 6) is 1.44. The molecule has 4 nitrogen and oxygen atoms in total. The number of ether oxygens (including phenoxy) is 1. The first-order valence-electron chi connectivity index (χ1n) is 6.11. The number of benzene rings is 1. The van der Waals surface area contributed by atoms with Gasteiger partial charge in [-0.25, -0.2) is 4.68 Å². The lowest BCUT2D eigenvalue weighted by molar-refractivity contribution is 0.289. The van der Waals surface area contributed by atoms with Crippen molar-refractivity contribution in [2.45, 2.75) is 19.4 Å². The molecule has 2 aromatic rings. The molecule has 0 amide bonds. The first-order chi connectivity index (χ1) is 9.28. The molecule has 0 N–H and O–H groups in total. The molecule has 0 fully saturated rings. The van der Waals surface area contributed by atoms with Gasteiger partial charge >= 0.3 is 0 Å². The van der Waals surface area contributed by atoms with Crippen molar-refractivity contribution in [2.24, 2.45) is 0 Å². The predicted octanol–water partition coefficient (Wildman–Crippen LogP) is 3.18. The van der Waals surface area contributed by atoms with Crippen molar-refractivity contribution in [3.63, 3.8) is 0 Å². The van der Waals surface area contributed by atoms with Crippen LogP contribution in [0.4, 0.5) is 0 Å². The second kappa shape index (κ2) is 7.36. The van der Waals surface area contributed by atoms with Crippen LogP contribution in [-0.2, 0) is 13.0 Å². The molecule has 2 rings (SSSR count). The van der Waals surface area contributed by atoms with Gasteiger partial charge in [0.1, 0.15) is 12.4 Å². The molecule has 19 heavy (non-hydrogen) atoms. The largest absolute Gasteiger partial charge is 0.492 e. The zero-order chi connectivity index (χ0) is 13.5. The zero-order valence-corrected chi connectivity index (χ0v) is 11.9. The Bertz CT molecular complexity index is 499. The Morgan fingerprint density at radius 1 is 1.21 bits per heavy atom. The molecule has 6 heteroatoms. The van der Waals surface area contributed by atoms with E-state index in [0.717, 1.165) is 24.3 Å². The minimum Gasteiger partial charge on any atom is -0.492 e. The molecule has 0 spiro atoms. The maximum absolute atomic E-state index is 5.80. The highest BCUT2D eigenvalue weighted by Crippen LogP contribution is 2.15. The summed E-state index contributed by atoms with van der Waals surface area (Å²) < 4.78 is 7.36. The molecule has 0 atom stereocenters. The van der Waals surface area contributed by atoms with E-state index in [1.807, 2.05) is 18.3 Å². The molecule has 0 aliphatic carbocycles. The average molecular weight is 300 g/mol. The third kappa shape index (κ3) is 4.73. The normalized spacial score (nSPS) is 10.6. The maximum Gasteiger partial charge on any atom is 0.119 e. The topological polar surface area (TPSA) is 39.9 Å². The highest BCUT2D eigenvalue weighted by Gasteiger charge is 2.01. The summed E-state index contributed by atoms with van der Waals surface area (Å²) in [6.07, 6.45) is 3.71. The number of hydrogen-bond acceptors (Lipinski definition) is 3. The molecule has 1 aromatic carbocycles. The highest BCUT2D eigenvalue weighted by molar-refractivity contribution is 6.30. The van der Waals surface area contributed by atoms with Crippen LogP contribution in [0, 0.1) is 0 Å². The summed E-state index contributed by atoms with van der Waals surface area (Å²) >= 11 is 11.4. The molecule has 1 aromatic heterocycles. The summed E-state index contributed by atoms with van der Waals surface area (Å²) in [7, 11) is 0. The number of rotatable bonds is 7. The second-order valence-corrected chi connectivity index (χ2v) is 4.88. The van der Waals surface area contributed by atoms with Crippen molar-refractivity contribution in [1.82, 2.24) is 15.0 Å². The minimum atomic E-state index is 0.542. The van der Waals surface area contributed by atoms with Crippen LogP contribution in [0.25, 0.3) is 0 Å². The number of alkyl halides is 1. The summed E-state index contributed by atoms with van der Waals surface area (Å²) in [4.78, 5) is 0. The van der Waals surface area contributed by atoms with Gasteiger partial charge in [0.05, 0.1) is 12.2 Å². The van der Waals surface area contributed by atoms with Crippen LogP contribution in [0.3, 0.4) is 0 Å². The lowest BCUT2D eigenvalue weighted by Gasteiger charge is -2.05. The van der Waals surface area contributed by atoms with Gasteiger partial charge in [-0.1, -0.05) is 16.8 Å². The summed E-state index contributed by atoms with van der Waals surface area (Å²) in [5, 5.41) is 8.81. The van der Waals surface area contributed by atoms with Gasteiger partial charge in [-0.2, -0.15) is 0 Å². The van der Waals surface area contributed by atoms with Gasteiger partial charge in [-0.15, -0.1) is 16.7 Å². The first kappa shape index (κ1) is 14.2. The van der Waals surface area contributed by atoms with Crippen molar-refractivity contribution in [3.8, 4) is 5.75 Å². The van der Waals surface area contributed by atoms with Crippen molar-refractivity contribution in [3.05, 3.63) is 41.2 Å². The lowest BCUT2D eigenvalue weighted by Crippen LogP contribution is -2.08. The van der Waals surface area contributed by atoms with Gasteiger partial charge < -0.3 is 4.74 Å². The Labute approximate surface area is 122 Å². The average Bonchev–Trinajstić information content (AvgIpc) is 2.87. The smallest absolute Gasteiger partial charge is 0.119 e. The van der Waals surface area contributed by atoms with E-state index in [-0.39, 0.29) is 0 Å². The van der Waals surface area contributed by atoms with Gasteiger partial charge in [0.15, 0.2) is 0 Å². The standard InChI is InChI=1S/C13H15Cl2N3O/c14-7-1-2-12-10-18(17-16-12)8-9-19-13-5-3-11(15)4-6-13/h3-6,10H,1-2,7-9H2. The monoisotopic (exact) mass is 299 g/mol. The molecule has 0 saturated carbocycles. The molecular formula is C13H15Cl2N3O. The fourth-order valence-electron chi connectivity index (χ4n) is 1.60. The molecule has 0 saturated heterocycles. The molecule has 1 heterocycles. The summed E-state index contributed by atoms with van der Waals surface area (Å²) in [6.45, 7) is 1.20. The molecule has 0 radical (unpaired) electrons. The van der Waals surface area contributed by atoms with Crippen molar-refractivity contribution < 1.29 is 4.74 Å². The Kier molecular flexibility index (Phi) is 5.48. The van der Waals surface area contributed by atoms with Gasteiger partial charge in [0.2, 0.25) is 0 Å². The number of aromatic nitrogens is 3. The third-order valence-corrected chi connectivity index (χ3v) is 3.07. The van der Waals surface area contributed by atoms with E-state index >= 15 is 0 Å². The predicted molar refractivity (Wildman–Crippen MR) is 76.0 cm³/mol. The lowest BCUT2D eigenvalue weighted by atomic mass is 10.3. The fourth-order valence-corrected chi connectivity index (χ4v) is 1.86. The van der Waals surface area contributed by atoms with Gasteiger partial charge in [-0.3, -0.25) is 0 Å². The van der Waals surface area contributed by atoms with E-state index in [0.29, 0.717) is 24.1 Å². The molecular weight excluding hydrogens is 285 g/mol. The summed E-state index contributed by atoms with van der Waals surface area (Å²) in [5.41, 5.74) is 0.965. The highest BCUT2D eigenvalue weighted by atomic mass is 35.5. The van der Waals surface area contributed by atoms with E-state index in [1.165, 1.54) is 0 Å². The molecule has 0 bridgehead atoms. The van der Waals surface area contributed by atoms with E-state index in [1.54, 1.807) is 16.8 Å². The third-order valence-electron chi connectivity index (χ3n) is 2.56. The van der Waals surface area contributed by atoms with Crippen LogP contribution in [-0.4, -0.2) is 27.5 Å². The number of nitrogens with zero attached hydrogens (tertiary/aromatic N) is 3. The minimum absolute atomic E-state index is 0.542. The maximum atomic E-state index is 5.80. The molecule has 102 valence electrons. The van der Waals surface area contributed by atoms with E-state index < -0.39 is 0 Å². The Balaban J connectivity index is 1.76. The summed E-state index contributed by atoms with van der Waals surface area (Å²) in [6, 6.07) is 7.29. The van der Waals surface area contributed by atoms with Crippen LogP contribution in [0.2, 0.25) is 5.02 Å². The number of hydrogen-bond donors (Lipinski definition) is 0. The second-order valence-electron chi connectivity index (χ2n) is 4.07. The quantitative estimate of drug-likeness (QED) is 0.737. The van der Waals surface area contributed by atoms with Crippen molar-refractivity contribution in [1.29, 1.82) is 0 Å². The van der Waals surface area contributed by atoms with Crippen LogP contribution in [0.15, 0.2) is 30.5 Å². The molecule has 0 aliphatic heterocycles. The Morgan fingerprint density at radius 2 is 2.00 bits per heavy atom. The van der Waals surface area contributed by atoms with Crippen LogP contribution in [0.1, 0.15) is 12.1 Å².